The number of amides is 1. The van der Waals surface area contributed by atoms with E-state index in [4.69, 9.17) is 4.74 Å². The molecule has 0 heterocycles. The molecule has 1 amide bonds. The normalized spacial score (nSPS) is 11.4. The number of nitrogens with zero attached hydrogens (tertiary/aromatic N) is 1. The Morgan fingerprint density at radius 3 is 2.29 bits per heavy atom. The highest BCUT2D eigenvalue weighted by molar-refractivity contribution is 6.02. The van der Waals surface area contributed by atoms with E-state index in [2.05, 4.69) is 24.4 Å². The Labute approximate surface area is 143 Å². The first kappa shape index (κ1) is 17.7. The molecule has 0 aliphatic carbocycles. The molecule has 2 rings (SSSR count). The molecule has 0 saturated carbocycles. The van der Waals surface area contributed by atoms with E-state index in [9.17, 15) is 4.79 Å². The lowest BCUT2D eigenvalue weighted by Gasteiger charge is -2.10. The van der Waals surface area contributed by atoms with Crippen LogP contribution in [0.5, 0.6) is 5.75 Å². The van der Waals surface area contributed by atoms with Crippen molar-refractivity contribution in [3.05, 3.63) is 65.7 Å². The molecular weight excluding hydrogens is 300 g/mol. The summed E-state index contributed by atoms with van der Waals surface area (Å²) in [6.45, 7) is 6.79. The second-order valence-electron chi connectivity index (χ2n) is 5.92. The SMILES string of the molecule is CCOc1ccc(C(=O)N/N=C(\CC(C)C)c2ccccc2)cc1. The van der Waals surface area contributed by atoms with Gasteiger partial charge in [0.1, 0.15) is 5.75 Å². The van der Waals surface area contributed by atoms with E-state index in [1.807, 2.05) is 37.3 Å². The van der Waals surface area contributed by atoms with Crippen molar-refractivity contribution >= 4 is 11.6 Å². The van der Waals surface area contributed by atoms with Crippen LogP contribution in [-0.2, 0) is 0 Å². The molecular formula is C20H24N2O2. The van der Waals surface area contributed by atoms with Crippen molar-refractivity contribution < 1.29 is 9.53 Å². The Balaban J connectivity index is 2.11. The van der Waals surface area contributed by atoms with Crippen LogP contribution in [0.15, 0.2) is 59.7 Å². The van der Waals surface area contributed by atoms with Crippen LogP contribution in [-0.4, -0.2) is 18.2 Å². The van der Waals surface area contributed by atoms with Gasteiger partial charge in [0.05, 0.1) is 12.3 Å². The number of benzene rings is 2. The predicted molar refractivity (Wildman–Crippen MR) is 97.5 cm³/mol. The Kier molecular flexibility index (Phi) is 6.55. The fraction of sp³-hybridized carbons (Fsp3) is 0.300. The number of carbonyl (C=O) groups excluding carboxylic acids is 1. The molecule has 0 spiro atoms. The topological polar surface area (TPSA) is 50.7 Å². The number of nitrogens with one attached hydrogen (secondary N) is 1. The molecule has 0 saturated heterocycles. The third-order valence-corrected chi connectivity index (χ3v) is 3.43. The van der Waals surface area contributed by atoms with Crippen molar-refractivity contribution in [2.75, 3.05) is 6.61 Å². The monoisotopic (exact) mass is 324 g/mol. The first-order valence-electron chi connectivity index (χ1n) is 8.25. The minimum absolute atomic E-state index is 0.227. The fourth-order valence-corrected chi connectivity index (χ4v) is 2.30. The molecule has 0 atom stereocenters. The van der Waals surface area contributed by atoms with Gasteiger partial charge in [0.2, 0.25) is 0 Å². The van der Waals surface area contributed by atoms with Gasteiger partial charge in [-0.15, -0.1) is 0 Å². The maximum atomic E-state index is 12.3. The zero-order chi connectivity index (χ0) is 17.4. The highest BCUT2D eigenvalue weighted by Gasteiger charge is 2.09. The largest absolute Gasteiger partial charge is 0.494 e. The van der Waals surface area contributed by atoms with Crippen molar-refractivity contribution in [2.45, 2.75) is 27.2 Å². The Bertz CT molecular complexity index is 677. The van der Waals surface area contributed by atoms with Crippen molar-refractivity contribution in [3.63, 3.8) is 0 Å². The third-order valence-electron chi connectivity index (χ3n) is 3.43. The quantitative estimate of drug-likeness (QED) is 0.611. The summed E-state index contributed by atoms with van der Waals surface area (Å²) in [7, 11) is 0. The first-order valence-corrected chi connectivity index (χ1v) is 8.25. The highest BCUT2D eigenvalue weighted by Crippen LogP contribution is 2.13. The molecule has 2 aromatic rings. The molecule has 0 aliphatic heterocycles. The van der Waals surface area contributed by atoms with Crippen molar-refractivity contribution in [1.82, 2.24) is 5.43 Å². The molecule has 126 valence electrons. The standard InChI is InChI=1S/C20H24N2O2/c1-4-24-18-12-10-17(11-13-18)20(23)22-21-19(14-15(2)3)16-8-6-5-7-9-16/h5-13,15H,4,14H2,1-3H3,(H,22,23)/b21-19+. The van der Waals surface area contributed by atoms with Crippen LogP contribution in [0.2, 0.25) is 0 Å². The number of carbonyl (C=O) groups is 1. The maximum absolute atomic E-state index is 12.3. The summed E-state index contributed by atoms with van der Waals surface area (Å²) in [4.78, 5) is 12.3. The smallest absolute Gasteiger partial charge is 0.271 e. The summed E-state index contributed by atoms with van der Waals surface area (Å²) >= 11 is 0. The molecule has 1 N–H and O–H groups in total. The van der Waals surface area contributed by atoms with Gasteiger partial charge in [0, 0.05) is 5.56 Å². The van der Waals surface area contributed by atoms with E-state index < -0.39 is 0 Å². The molecule has 4 heteroatoms. The zero-order valence-corrected chi connectivity index (χ0v) is 14.5. The van der Waals surface area contributed by atoms with Crippen molar-refractivity contribution in [1.29, 1.82) is 0 Å². The first-order chi connectivity index (χ1) is 11.6. The van der Waals surface area contributed by atoms with Gasteiger partial charge in [0.25, 0.3) is 5.91 Å². The Morgan fingerprint density at radius 2 is 1.71 bits per heavy atom. The van der Waals surface area contributed by atoms with Gasteiger partial charge in [-0.25, -0.2) is 5.43 Å². The third kappa shape index (κ3) is 5.23. The molecule has 0 unspecified atom stereocenters. The number of ether oxygens (including phenoxy) is 1. The van der Waals surface area contributed by atoms with E-state index in [1.165, 1.54) is 0 Å². The van der Waals surface area contributed by atoms with Crippen LogP contribution < -0.4 is 10.2 Å². The average molecular weight is 324 g/mol. The Hall–Kier alpha value is -2.62. The summed E-state index contributed by atoms with van der Waals surface area (Å²) in [5, 5.41) is 4.36. The van der Waals surface area contributed by atoms with Crippen LogP contribution in [0.1, 0.15) is 43.1 Å². The lowest BCUT2D eigenvalue weighted by molar-refractivity contribution is 0.0954. The number of hydrogen-bond acceptors (Lipinski definition) is 3. The predicted octanol–water partition coefficient (Wildman–Crippen LogP) is 4.27. The van der Waals surface area contributed by atoms with Crippen LogP contribution in [0.3, 0.4) is 0 Å². The summed E-state index contributed by atoms with van der Waals surface area (Å²) in [6, 6.07) is 17.0. The minimum atomic E-state index is -0.227. The number of hydrogen-bond donors (Lipinski definition) is 1. The lowest BCUT2D eigenvalue weighted by atomic mass is 10.0. The minimum Gasteiger partial charge on any atom is -0.494 e. The van der Waals surface area contributed by atoms with Gasteiger partial charge in [-0.1, -0.05) is 44.2 Å². The number of hydrazone groups is 1. The van der Waals surface area contributed by atoms with Crippen molar-refractivity contribution in [2.24, 2.45) is 11.0 Å². The molecule has 0 aromatic heterocycles. The number of rotatable bonds is 7. The van der Waals surface area contributed by atoms with Crippen LogP contribution in [0, 0.1) is 5.92 Å². The summed E-state index contributed by atoms with van der Waals surface area (Å²) < 4.78 is 5.38. The maximum Gasteiger partial charge on any atom is 0.271 e. The van der Waals surface area contributed by atoms with E-state index in [1.54, 1.807) is 24.3 Å². The average Bonchev–Trinajstić information content (AvgIpc) is 2.60. The van der Waals surface area contributed by atoms with Crippen LogP contribution in [0.4, 0.5) is 0 Å². The molecule has 2 aromatic carbocycles. The van der Waals surface area contributed by atoms with Gasteiger partial charge < -0.3 is 4.74 Å². The molecule has 0 bridgehead atoms. The van der Waals surface area contributed by atoms with E-state index in [0.717, 1.165) is 23.4 Å². The fourth-order valence-electron chi connectivity index (χ4n) is 2.30. The molecule has 24 heavy (non-hydrogen) atoms. The highest BCUT2D eigenvalue weighted by atomic mass is 16.5. The lowest BCUT2D eigenvalue weighted by Crippen LogP contribution is -2.20. The molecule has 0 aliphatic rings. The van der Waals surface area contributed by atoms with E-state index in [-0.39, 0.29) is 5.91 Å². The van der Waals surface area contributed by atoms with Crippen LogP contribution in [0.25, 0.3) is 0 Å². The Morgan fingerprint density at radius 1 is 1.04 bits per heavy atom. The van der Waals surface area contributed by atoms with E-state index in [0.29, 0.717) is 18.1 Å². The van der Waals surface area contributed by atoms with Crippen LogP contribution >= 0.6 is 0 Å². The van der Waals surface area contributed by atoms with Gasteiger partial charge in [-0.05, 0) is 49.1 Å². The molecule has 0 fully saturated rings. The zero-order valence-electron chi connectivity index (χ0n) is 14.5. The summed E-state index contributed by atoms with van der Waals surface area (Å²) in [5.74, 6) is 0.976. The summed E-state index contributed by atoms with van der Waals surface area (Å²) in [6.07, 6.45) is 0.799. The molecule has 0 radical (unpaired) electrons. The second kappa shape index (κ2) is 8.87. The summed E-state index contributed by atoms with van der Waals surface area (Å²) in [5.41, 5.74) is 5.12. The molecule has 4 nitrogen and oxygen atoms in total. The van der Waals surface area contributed by atoms with Gasteiger partial charge >= 0.3 is 0 Å². The van der Waals surface area contributed by atoms with Gasteiger partial charge in [0.15, 0.2) is 0 Å². The van der Waals surface area contributed by atoms with Crippen molar-refractivity contribution in [3.8, 4) is 5.75 Å². The van der Waals surface area contributed by atoms with Gasteiger partial charge in [-0.2, -0.15) is 5.10 Å². The van der Waals surface area contributed by atoms with Gasteiger partial charge in [-0.3, -0.25) is 4.79 Å². The second-order valence-corrected chi connectivity index (χ2v) is 5.92. The van der Waals surface area contributed by atoms with E-state index >= 15 is 0 Å².